The van der Waals surface area contributed by atoms with E-state index in [2.05, 4.69) is 0 Å². The monoisotopic (exact) mass is 360 g/mol. The van der Waals surface area contributed by atoms with Gasteiger partial charge in [0, 0.05) is 36.7 Å². The van der Waals surface area contributed by atoms with E-state index in [9.17, 15) is 19.7 Å². The molecule has 0 aliphatic carbocycles. The van der Waals surface area contributed by atoms with Crippen molar-refractivity contribution in [2.75, 3.05) is 19.7 Å². The topological polar surface area (TPSA) is 103 Å². The number of nitro groups is 1. The van der Waals surface area contributed by atoms with Gasteiger partial charge in [0.15, 0.2) is 6.61 Å². The highest BCUT2D eigenvalue weighted by Gasteiger charge is 2.22. The van der Waals surface area contributed by atoms with Gasteiger partial charge in [-0.2, -0.15) is 0 Å². The largest absolute Gasteiger partial charge is 0.477 e. The molecule has 0 bridgehead atoms. The molecule has 0 radical (unpaired) electrons. The molecule has 8 nitrogen and oxygen atoms in total. The van der Waals surface area contributed by atoms with Gasteiger partial charge in [-0.15, -0.1) is 0 Å². The van der Waals surface area contributed by atoms with Crippen LogP contribution in [0.4, 0.5) is 5.69 Å². The summed E-state index contributed by atoms with van der Waals surface area (Å²) in [6.45, 7) is 2.74. The summed E-state index contributed by atoms with van der Waals surface area (Å²) < 4.78 is 10.6. The minimum Gasteiger partial charge on any atom is -0.477 e. The number of carbonyl (C=O) groups excluding carboxylic acids is 1. The SMILES string of the molecule is Cc1cc(=O)oc2cc(OCC(=O)N3CCCCCC3)c([N+](=O)[O-])cc12. The van der Waals surface area contributed by atoms with E-state index >= 15 is 0 Å². The van der Waals surface area contributed by atoms with Gasteiger partial charge in [0.05, 0.1) is 4.92 Å². The Kier molecular flexibility index (Phi) is 5.20. The Hall–Kier alpha value is -2.90. The lowest BCUT2D eigenvalue weighted by Gasteiger charge is -2.20. The molecular formula is C18H20N2O6. The zero-order valence-corrected chi connectivity index (χ0v) is 14.5. The molecule has 1 aromatic heterocycles. The predicted molar refractivity (Wildman–Crippen MR) is 94.4 cm³/mol. The lowest BCUT2D eigenvalue weighted by Crippen LogP contribution is -2.35. The summed E-state index contributed by atoms with van der Waals surface area (Å²) in [6, 6.07) is 3.88. The van der Waals surface area contributed by atoms with Crippen molar-refractivity contribution < 1.29 is 18.9 Å². The molecule has 1 aromatic carbocycles. The molecule has 1 amide bonds. The number of nitro benzene ring substituents is 1. The van der Waals surface area contributed by atoms with Crippen LogP contribution in [0.3, 0.4) is 0 Å². The fourth-order valence-electron chi connectivity index (χ4n) is 3.14. The smallest absolute Gasteiger partial charge is 0.336 e. The normalized spacial score (nSPS) is 14.9. The van der Waals surface area contributed by atoms with Gasteiger partial charge in [-0.1, -0.05) is 12.8 Å². The lowest BCUT2D eigenvalue weighted by molar-refractivity contribution is -0.385. The summed E-state index contributed by atoms with van der Waals surface area (Å²) in [4.78, 5) is 36.4. The van der Waals surface area contributed by atoms with E-state index in [0.29, 0.717) is 24.0 Å². The summed E-state index contributed by atoms with van der Waals surface area (Å²) in [5, 5.41) is 11.8. The molecule has 0 saturated carbocycles. The number of amides is 1. The van der Waals surface area contributed by atoms with Crippen LogP contribution >= 0.6 is 0 Å². The number of hydrogen-bond donors (Lipinski definition) is 0. The molecule has 1 fully saturated rings. The number of aryl methyl sites for hydroxylation is 1. The van der Waals surface area contributed by atoms with Gasteiger partial charge in [0.1, 0.15) is 5.58 Å². The van der Waals surface area contributed by atoms with Crippen LogP contribution < -0.4 is 10.4 Å². The number of hydrogen-bond acceptors (Lipinski definition) is 6. The molecule has 0 atom stereocenters. The van der Waals surface area contributed by atoms with Crippen molar-refractivity contribution in [2.45, 2.75) is 32.6 Å². The Morgan fingerprint density at radius 3 is 2.58 bits per heavy atom. The van der Waals surface area contributed by atoms with Crippen LogP contribution in [0.25, 0.3) is 11.0 Å². The average Bonchev–Trinajstić information content (AvgIpc) is 2.88. The van der Waals surface area contributed by atoms with Gasteiger partial charge in [0.2, 0.25) is 5.75 Å². The highest BCUT2D eigenvalue weighted by Crippen LogP contribution is 2.33. The Bertz CT molecular complexity index is 896. The molecule has 0 spiro atoms. The van der Waals surface area contributed by atoms with Gasteiger partial charge in [-0.3, -0.25) is 14.9 Å². The Morgan fingerprint density at radius 1 is 1.23 bits per heavy atom. The van der Waals surface area contributed by atoms with Crippen LogP contribution in [0.5, 0.6) is 5.75 Å². The standard InChI is InChI=1S/C18H20N2O6/c1-12-8-18(22)26-15-10-16(14(20(23)24)9-13(12)15)25-11-17(21)19-6-4-2-3-5-7-19/h8-10H,2-7,11H2,1H3. The molecule has 2 heterocycles. The van der Waals surface area contributed by atoms with Crippen LogP contribution in [-0.2, 0) is 4.79 Å². The van der Waals surface area contributed by atoms with Crippen molar-refractivity contribution in [1.29, 1.82) is 0 Å². The highest BCUT2D eigenvalue weighted by molar-refractivity contribution is 5.85. The molecule has 1 aliphatic rings. The van der Waals surface area contributed by atoms with Gasteiger partial charge >= 0.3 is 11.3 Å². The van der Waals surface area contributed by atoms with Gasteiger partial charge in [-0.05, 0) is 25.3 Å². The summed E-state index contributed by atoms with van der Waals surface area (Å²) in [6.07, 6.45) is 4.09. The third-order valence-corrected chi connectivity index (χ3v) is 4.54. The number of nitrogens with zero attached hydrogens (tertiary/aromatic N) is 2. The Labute approximate surface area is 149 Å². The second kappa shape index (κ2) is 7.55. The molecule has 1 saturated heterocycles. The van der Waals surface area contributed by atoms with Gasteiger partial charge in [-0.25, -0.2) is 4.79 Å². The summed E-state index contributed by atoms with van der Waals surface area (Å²) in [5.74, 6) is -0.286. The molecule has 2 aromatic rings. The first-order chi connectivity index (χ1) is 12.5. The fourth-order valence-corrected chi connectivity index (χ4v) is 3.14. The third-order valence-electron chi connectivity index (χ3n) is 4.54. The number of rotatable bonds is 4. The van der Waals surface area contributed by atoms with Crippen molar-refractivity contribution in [2.24, 2.45) is 0 Å². The molecule has 3 rings (SSSR count). The third kappa shape index (κ3) is 3.84. The van der Waals surface area contributed by atoms with Crippen molar-refractivity contribution in [1.82, 2.24) is 4.90 Å². The maximum absolute atomic E-state index is 12.3. The second-order valence-electron chi connectivity index (χ2n) is 6.41. The molecule has 1 aliphatic heterocycles. The molecule has 26 heavy (non-hydrogen) atoms. The highest BCUT2D eigenvalue weighted by atomic mass is 16.6. The zero-order valence-electron chi connectivity index (χ0n) is 14.5. The van der Waals surface area contributed by atoms with E-state index in [-0.39, 0.29) is 29.5 Å². The minimum atomic E-state index is -0.574. The molecule has 8 heteroatoms. The second-order valence-corrected chi connectivity index (χ2v) is 6.41. The van der Waals surface area contributed by atoms with Crippen molar-refractivity contribution in [3.05, 3.63) is 44.3 Å². The van der Waals surface area contributed by atoms with E-state index in [1.165, 1.54) is 18.2 Å². The minimum absolute atomic E-state index is 0.0839. The Balaban J connectivity index is 1.86. The van der Waals surface area contributed by atoms with Crippen LogP contribution in [0.2, 0.25) is 0 Å². The quantitative estimate of drug-likeness (QED) is 0.472. The van der Waals surface area contributed by atoms with Crippen LogP contribution in [0, 0.1) is 17.0 Å². The first kappa shape index (κ1) is 17.9. The molecule has 0 unspecified atom stereocenters. The molecule has 138 valence electrons. The van der Waals surface area contributed by atoms with E-state index in [1.807, 2.05) is 0 Å². The molecule has 0 N–H and O–H groups in total. The summed E-state index contributed by atoms with van der Waals surface area (Å²) >= 11 is 0. The summed E-state index contributed by atoms with van der Waals surface area (Å²) in [5.41, 5.74) is -0.0436. The van der Waals surface area contributed by atoms with Gasteiger partial charge in [0.25, 0.3) is 5.91 Å². The maximum Gasteiger partial charge on any atom is 0.336 e. The van der Waals surface area contributed by atoms with Crippen molar-refractivity contribution >= 4 is 22.6 Å². The van der Waals surface area contributed by atoms with E-state index < -0.39 is 10.5 Å². The number of carbonyl (C=O) groups is 1. The fraction of sp³-hybridized carbons (Fsp3) is 0.444. The molecular weight excluding hydrogens is 340 g/mol. The van der Waals surface area contributed by atoms with E-state index in [0.717, 1.165) is 25.7 Å². The zero-order chi connectivity index (χ0) is 18.7. The first-order valence-electron chi connectivity index (χ1n) is 8.59. The van der Waals surface area contributed by atoms with Crippen LogP contribution in [-0.4, -0.2) is 35.4 Å². The van der Waals surface area contributed by atoms with E-state index in [1.54, 1.807) is 11.8 Å². The number of fused-ring (bicyclic) bond motifs is 1. The predicted octanol–water partition coefficient (Wildman–Crippen LogP) is 2.79. The maximum atomic E-state index is 12.3. The lowest BCUT2D eigenvalue weighted by atomic mass is 10.1. The summed E-state index contributed by atoms with van der Waals surface area (Å²) in [7, 11) is 0. The van der Waals surface area contributed by atoms with Crippen molar-refractivity contribution in [3.63, 3.8) is 0 Å². The van der Waals surface area contributed by atoms with E-state index in [4.69, 9.17) is 9.15 Å². The number of likely N-dealkylation sites (tertiary alicyclic amines) is 1. The number of ether oxygens (including phenoxy) is 1. The average molecular weight is 360 g/mol. The van der Waals surface area contributed by atoms with Crippen LogP contribution in [0.1, 0.15) is 31.2 Å². The van der Waals surface area contributed by atoms with Crippen LogP contribution in [0.15, 0.2) is 27.4 Å². The first-order valence-corrected chi connectivity index (χ1v) is 8.59. The van der Waals surface area contributed by atoms with Crippen molar-refractivity contribution in [3.8, 4) is 5.75 Å². The Morgan fingerprint density at radius 2 is 1.92 bits per heavy atom. The van der Waals surface area contributed by atoms with Gasteiger partial charge < -0.3 is 14.1 Å². The number of benzene rings is 1.